The molecular formula is C13H19F2N. The van der Waals surface area contributed by atoms with Crippen LogP contribution >= 0.6 is 0 Å². The third-order valence-corrected chi connectivity index (χ3v) is 2.60. The van der Waals surface area contributed by atoms with Crippen molar-refractivity contribution in [1.82, 2.24) is 5.32 Å². The molecule has 1 N–H and O–H groups in total. The fourth-order valence-electron chi connectivity index (χ4n) is 1.71. The van der Waals surface area contributed by atoms with Crippen molar-refractivity contribution in [2.24, 2.45) is 5.92 Å². The Morgan fingerprint density at radius 2 is 2.06 bits per heavy atom. The van der Waals surface area contributed by atoms with Crippen LogP contribution in [0.15, 0.2) is 18.2 Å². The summed E-state index contributed by atoms with van der Waals surface area (Å²) in [5.41, 5.74) is 0.519. The van der Waals surface area contributed by atoms with Crippen molar-refractivity contribution in [3.63, 3.8) is 0 Å². The van der Waals surface area contributed by atoms with Crippen LogP contribution < -0.4 is 5.32 Å². The van der Waals surface area contributed by atoms with E-state index < -0.39 is 11.6 Å². The lowest BCUT2D eigenvalue weighted by molar-refractivity contribution is 0.470. The molecule has 0 aromatic heterocycles. The summed E-state index contributed by atoms with van der Waals surface area (Å²) in [5.74, 6) is -0.412. The third kappa shape index (κ3) is 4.27. The smallest absolute Gasteiger partial charge is 0.130 e. The Balaban J connectivity index is 2.37. The molecule has 90 valence electrons. The maximum atomic E-state index is 13.2. The molecule has 0 spiro atoms. The molecular weight excluding hydrogens is 208 g/mol. The van der Waals surface area contributed by atoms with Crippen molar-refractivity contribution >= 4 is 0 Å². The van der Waals surface area contributed by atoms with Crippen LogP contribution in [0.3, 0.4) is 0 Å². The molecule has 3 heteroatoms. The third-order valence-electron chi connectivity index (χ3n) is 2.60. The number of benzene rings is 1. The van der Waals surface area contributed by atoms with E-state index in [1.54, 1.807) is 0 Å². The lowest BCUT2D eigenvalue weighted by Crippen LogP contribution is -2.21. The monoisotopic (exact) mass is 227 g/mol. The van der Waals surface area contributed by atoms with Gasteiger partial charge in [0.15, 0.2) is 0 Å². The minimum Gasteiger partial charge on any atom is -0.312 e. The second-order valence-corrected chi connectivity index (χ2v) is 4.26. The van der Waals surface area contributed by atoms with E-state index in [0.717, 1.165) is 19.0 Å². The molecule has 1 rings (SSSR count). The fraction of sp³-hybridized carbons (Fsp3) is 0.538. The van der Waals surface area contributed by atoms with Gasteiger partial charge in [0.25, 0.3) is 0 Å². The second kappa shape index (κ2) is 6.59. The predicted molar refractivity (Wildman–Crippen MR) is 62.1 cm³/mol. The highest BCUT2D eigenvalue weighted by atomic mass is 19.1. The summed E-state index contributed by atoms with van der Waals surface area (Å²) < 4.78 is 25.9. The molecule has 0 saturated heterocycles. The molecule has 0 aliphatic rings. The molecule has 0 saturated carbocycles. The van der Waals surface area contributed by atoms with Crippen LogP contribution in [0.25, 0.3) is 0 Å². The van der Waals surface area contributed by atoms with E-state index in [9.17, 15) is 8.78 Å². The summed E-state index contributed by atoms with van der Waals surface area (Å²) in [4.78, 5) is 0. The van der Waals surface area contributed by atoms with Crippen molar-refractivity contribution < 1.29 is 8.78 Å². The maximum absolute atomic E-state index is 13.2. The molecule has 0 aliphatic heterocycles. The topological polar surface area (TPSA) is 12.0 Å². The van der Waals surface area contributed by atoms with Gasteiger partial charge in [0.05, 0.1) is 0 Å². The van der Waals surface area contributed by atoms with Gasteiger partial charge < -0.3 is 5.32 Å². The van der Waals surface area contributed by atoms with E-state index >= 15 is 0 Å². The van der Waals surface area contributed by atoms with Crippen molar-refractivity contribution in [1.29, 1.82) is 0 Å². The summed E-state index contributed by atoms with van der Waals surface area (Å²) >= 11 is 0. The molecule has 0 aliphatic carbocycles. The zero-order valence-corrected chi connectivity index (χ0v) is 9.89. The average molecular weight is 227 g/mol. The first-order chi connectivity index (χ1) is 7.63. The van der Waals surface area contributed by atoms with Gasteiger partial charge in [-0.05, 0) is 24.9 Å². The lowest BCUT2D eigenvalue weighted by atomic mass is 10.1. The molecule has 0 radical (unpaired) electrons. The minimum atomic E-state index is -0.527. The summed E-state index contributed by atoms with van der Waals surface area (Å²) in [7, 11) is 0. The summed E-state index contributed by atoms with van der Waals surface area (Å²) in [5, 5.41) is 3.18. The van der Waals surface area contributed by atoms with Gasteiger partial charge in [0.2, 0.25) is 0 Å². The first-order valence-corrected chi connectivity index (χ1v) is 5.78. The average Bonchev–Trinajstić information content (AvgIpc) is 2.22. The Hall–Kier alpha value is -0.960. The Labute approximate surface area is 95.9 Å². The van der Waals surface area contributed by atoms with E-state index in [2.05, 4.69) is 19.2 Å². The van der Waals surface area contributed by atoms with Gasteiger partial charge in [-0.25, -0.2) is 8.78 Å². The molecule has 1 nitrogen and oxygen atoms in total. The first kappa shape index (κ1) is 13.1. The Morgan fingerprint density at radius 3 is 2.69 bits per heavy atom. The maximum Gasteiger partial charge on any atom is 0.130 e. The lowest BCUT2D eigenvalue weighted by Gasteiger charge is -2.11. The molecule has 0 fully saturated rings. The zero-order valence-electron chi connectivity index (χ0n) is 9.89. The Kier molecular flexibility index (Phi) is 5.39. The van der Waals surface area contributed by atoms with Crippen molar-refractivity contribution in [3.05, 3.63) is 35.4 Å². The number of rotatable bonds is 6. The van der Waals surface area contributed by atoms with Gasteiger partial charge in [-0.3, -0.25) is 0 Å². The summed E-state index contributed by atoms with van der Waals surface area (Å²) in [6.45, 7) is 5.64. The zero-order chi connectivity index (χ0) is 12.0. The highest BCUT2D eigenvalue weighted by Crippen LogP contribution is 2.09. The predicted octanol–water partition coefficient (Wildman–Crippen LogP) is 3.49. The van der Waals surface area contributed by atoms with Gasteiger partial charge >= 0.3 is 0 Å². The molecule has 0 heterocycles. The number of nitrogens with one attached hydrogen (secondary N) is 1. The number of hydrogen-bond acceptors (Lipinski definition) is 1. The van der Waals surface area contributed by atoms with Crippen LogP contribution in [-0.4, -0.2) is 6.54 Å². The van der Waals surface area contributed by atoms with Gasteiger partial charge in [-0.15, -0.1) is 0 Å². The molecule has 0 amide bonds. The molecule has 16 heavy (non-hydrogen) atoms. The SMILES string of the molecule is CCCC(C)CNCc1ccc(F)cc1F. The highest BCUT2D eigenvalue weighted by Gasteiger charge is 2.04. The van der Waals surface area contributed by atoms with Crippen LogP contribution in [0, 0.1) is 17.6 Å². The molecule has 1 aromatic rings. The normalized spacial score (nSPS) is 12.8. The van der Waals surface area contributed by atoms with E-state index in [-0.39, 0.29) is 0 Å². The van der Waals surface area contributed by atoms with Gasteiger partial charge in [-0.2, -0.15) is 0 Å². The van der Waals surface area contributed by atoms with Crippen LogP contribution in [-0.2, 0) is 6.54 Å². The van der Waals surface area contributed by atoms with Crippen LogP contribution in [0.4, 0.5) is 8.78 Å². The van der Waals surface area contributed by atoms with Crippen LogP contribution in [0.1, 0.15) is 32.3 Å². The van der Waals surface area contributed by atoms with Crippen LogP contribution in [0.2, 0.25) is 0 Å². The first-order valence-electron chi connectivity index (χ1n) is 5.78. The van der Waals surface area contributed by atoms with Crippen molar-refractivity contribution in [3.8, 4) is 0 Å². The number of halogens is 2. The Bertz CT molecular complexity index is 326. The largest absolute Gasteiger partial charge is 0.312 e. The fourth-order valence-corrected chi connectivity index (χ4v) is 1.71. The van der Waals surface area contributed by atoms with Crippen molar-refractivity contribution in [2.75, 3.05) is 6.54 Å². The molecule has 0 bridgehead atoms. The van der Waals surface area contributed by atoms with Crippen LogP contribution in [0.5, 0.6) is 0 Å². The van der Waals surface area contributed by atoms with Gasteiger partial charge in [0.1, 0.15) is 11.6 Å². The van der Waals surface area contributed by atoms with Crippen molar-refractivity contribution in [2.45, 2.75) is 33.2 Å². The highest BCUT2D eigenvalue weighted by molar-refractivity contribution is 5.18. The summed E-state index contributed by atoms with van der Waals surface area (Å²) in [6.07, 6.45) is 2.33. The van der Waals surface area contributed by atoms with Gasteiger partial charge in [0, 0.05) is 18.2 Å². The Morgan fingerprint density at radius 1 is 1.31 bits per heavy atom. The van der Waals surface area contributed by atoms with E-state index in [4.69, 9.17) is 0 Å². The standard InChI is InChI=1S/C13H19F2N/c1-3-4-10(2)8-16-9-11-5-6-12(14)7-13(11)15/h5-7,10,16H,3-4,8-9H2,1-2H3. The quantitative estimate of drug-likeness (QED) is 0.784. The molecule has 1 atom stereocenters. The van der Waals surface area contributed by atoms with E-state index in [0.29, 0.717) is 18.0 Å². The van der Waals surface area contributed by atoms with Gasteiger partial charge in [-0.1, -0.05) is 26.3 Å². The van der Waals surface area contributed by atoms with E-state index in [1.165, 1.54) is 18.6 Å². The minimum absolute atomic E-state index is 0.458. The van der Waals surface area contributed by atoms with E-state index in [1.807, 2.05) is 0 Å². The second-order valence-electron chi connectivity index (χ2n) is 4.26. The molecule has 1 aromatic carbocycles. The molecule has 1 unspecified atom stereocenters. The number of hydrogen-bond donors (Lipinski definition) is 1. The summed E-state index contributed by atoms with van der Waals surface area (Å²) in [6, 6.07) is 3.70.